The van der Waals surface area contributed by atoms with Crippen LogP contribution < -0.4 is 5.32 Å². The van der Waals surface area contributed by atoms with E-state index in [-0.39, 0.29) is 12.5 Å². The van der Waals surface area contributed by atoms with Gasteiger partial charge in [0, 0.05) is 12.7 Å². The lowest BCUT2D eigenvalue weighted by molar-refractivity contribution is 0.0917. The highest BCUT2D eigenvalue weighted by atomic mass is 16.3. The number of carbonyl (C=O) groups is 1. The van der Waals surface area contributed by atoms with E-state index in [1.54, 1.807) is 11.3 Å². The first kappa shape index (κ1) is 12.6. The first-order valence-corrected chi connectivity index (χ1v) is 5.91. The summed E-state index contributed by atoms with van der Waals surface area (Å²) < 4.78 is 1.78. The topological polar surface area (TPSA) is 66.6 Å². The van der Waals surface area contributed by atoms with Gasteiger partial charge in [0.05, 0.1) is 11.8 Å². The minimum atomic E-state index is -0.560. The first-order chi connectivity index (χ1) is 8.50. The molecule has 0 spiro atoms. The number of hydrogen-bond donors (Lipinski definition) is 2. The van der Waals surface area contributed by atoms with Crippen LogP contribution in [0.1, 0.15) is 28.7 Å². The summed E-state index contributed by atoms with van der Waals surface area (Å²) in [5, 5.41) is 11.9. The average molecular weight is 247 g/mol. The van der Waals surface area contributed by atoms with Crippen LogP contribution in [0.2, 0.25) is 0 Å². The summed E-state index contributed by atoms with van der Waals surface area (Å²) in [6, 6.07) is 3.84. The summed E-state index contributed by atoms with van der Waals surface area (Å²) in [5.41, 5.74) is 3.02. The van der Waals surface area contributed by atoms with E-state index in [0.717, 1.165) is 11.2 Å². The van der Waals surface area contributed by atoms with Gasteiger partial charge in [-0.25, -0.2) is 4.98 Å². The monoisotopic (exact) mass is 247 g/mol. The Morgan fingerprint density at radius 3 is 2.94 bits per heavy atom. The van der Waals surface area contributed by atoms with E-state index in [9.17, 15) is 9.90 Å². The van der Waals surface area contributed by atoms with Gasteiger partial charge in [-0.1, -0.05) is 6.07 Å². The molecule has 0 saturated heterocycles. The van der Waals surface area contributed by atoms with Gasteiger partial charge in [-0.15, -0.1) is 0 Å². The van der Waals surface area contributed by atoms with Crippen LogP contribution in [0.4, 0.5) is 0 Å². The van der Waals surface area contributed by atoms with Crippen LogP contribution in [-0.2, 0) is 0 Å². The van der Waals surface area contributed by atoms with Gasteiger partial charge in [-0.3, -0.25) is 9.20 Å². The van der Waals surface area contributed by atoms with E-state index < -0.39 is 6.10 Å². The van der Waals surface area contributed by atoms with Gasteiger partial charge in [-0.2, -0.15) is 0 Å². The fourth-order valence-electron chi connectivity index (χ4n) is 1.92. The molecule has 0 radical (unpaired) electrons. The van der Waals surface area contributed by atoms with Crippen molar-refractivity contribution in [3.05, 3.63) is 35.3 Å². The van der Waals surface area contributed by atoms with Gasteiger partial charge < -0.3 is 10.4 Å². The van der Waals surface area contributed by atoms with Gasteiger partial charge in [0.25, 0.3) is 5.91 Å². The summed E-state index contributed by atoms with van der Waals surface area (Å²) in [7, 11) is 0. The third kappa shape index (κ3) is 2.22. The maximum atomic E-state index is 12.1. The van der Waals surface area contributed by atoms with Gasteiger partial charge in [0.15, 0.2) is 0 Å². The highest BCUT2D eigenvalue weighted by Gasteiger charge is 2.17. The molecule has 2 N–H and O–H groups in total. The standard InChI is InChI=1S/C13H17N3O2/c1-8-5-4-6-16-11(10(3)15-12(8)16)13(18)14-7-9(2)17/h4-6,9,17H,7H2,1-3H3,(H,14,18). The average Bonchev–Trinajstić information content (AvgIpc) is 2.64. The maximum Gasteiger partial charge on any atom is 0.270 e. The third-order valence-electron chi connectivity index (χ3n) is 2.79. The van der Waals surface area contributed by atoms with Crippen molar-refractivity contribution in [3.8, 4) is 0 Å². The summed E-state index contributed by atoms with van der Waals surface area (Å²) in [6.45, 7) is 5.63. The minimum Gasteiger partial charge on any atom is -0.392 e. The second-order valence-electron chi connectivity index (χ2n) is 4.49. The molecule has 0 bridgehead atoms. The number of imidazole rings is 1. The second kappa shape index (κ2) is 4.78. The smallest absolute Gasteiger partial charge is 0.270 e. The van der Waals surface area contributed by atoms with Gasteiger partial charge >= 0.3 is 0 Å². The van der Waals surface area contributed by atoms with Crippen molar-refractivity contribution in [1.29, 1.82) is 0 Å². The number of aliphatic hydroxyl groups is 1. The Kier molecular flexibility index (Phi) is 3.34. The lowest BCUT2D eigenvalue weighted by atomic mass is 10.3. The van der Waals surface area contributed by atoms with Crippen molar-refractivity contribution in [1.82, 2.24) is 14.7 Å². The molecule has 2 rings (SSSR count). The van der Waals surface area contributed by atoms with E-state index in [2.05, 4.69) is 10.3 Å². The molecular weight excluding hydrogens is 230 g/mol. The third-order valence-corrected chi connectivity index (χ3v) is 2.79. The van der Waals surface area contributed by atoms with Crippen molar-refractivity contribution in [3.63, 3.8) is 0 Å². The van der Waals surface area contributed by atoms with Gasteiger partial charge in [0.2, 0.25) is 0 Å². The van der Waals surface area contributed by atoms with Crippen molar-refractivity contribution in [2.45, 2.75) is 26.9 Å². The zero-order chi connectivity index (χ0) is 13.3. The van der Waals surface area contributed by atoms with Gasteiger partial charge in [0.1, 0.15) is 11.3 Å². The first-order valence-electron chi connectivity index (χ1n) is 5.91. The van der Waals surface area contributed by atoms with Crippen LogP contribution in [0.25, 0.3) is 5.65 Å². The van der Waals surface area contributed by atoms with Crippen LogP contribution in [0.5, 0.6) is 0 Å². The number of fused-ring (bicyclic) bond motifs is 1. The number of aromatic nitrogens is 2. The zero-order valence-corrected chi connectivity index (χ0v) is 10.8. The molecule has 5 heteroatoms. The molecular formula is C13H17N3O2. The number of amides is 1. The van der Waals surface area contributed by atoms with E-state index in [1.165, 1.54) is 0 Å². The number of pyridine rings is 1. The Morgan fingerprint density at radius 2 is 2.28 bits per heavy atom. The molecule has 0 aliphatic rings. The molecule has 1 unspecified atom stereocenters. The Balaban J connectivity index is 2.41. The number of aliphatic hydroxyl groups excluding tert-OH is 1. The summed E-state index contributed by atoms with van der Waals surface area (Å²) >= 11 is 0. The summed E-state index contributed by atoms with van der Waals surface area (Å²) in [6.07, 6.45) is 1.26. The fourth-order valence-corrected chi connectivity index (χ4v) is 1.92. The lowest BCUT2D eigenvalue weighted by Crippen LogP contribution is -2.31. The molecule has 0 aliphatic carbocycles. The number of aryl methyl sites for hydroxylation is 2. The number of nitrogens with one attached hydrogen (secondary N) is 1. The Labute approximate surface area is 105 Å². The largest absolute Gasteiger partial charge is 0.392 e. The normalized spacial score (nSPS) is 12.7. The van der Waals surface area contributed by atoms with Gasteiger partial charge in [-0.05, 0) is 32.4 Å². The zero-order valence-electron chi connectivity index (χ0n) is 10.8. The van der Waals surface area contributed by atoms with Crippen LogP contribution in [-0.4, -0.2) is 33.0 Å². The molecule has 96 valence electrons. The van der Waals surface area contributed by atoms with Crippen LogP contribution in [0, 0.1) is 13.8 Å². The van der Waals surface area contributed by atoms with E-state index in [0.29, 0.717) is 11.4 Å². The van der Waals surface area contributed by atoms with Crippen molar-refractivity contribution < 1.29 is 9.90 Å². The van der Waals surface area contributed by atoms with Crippen molar-refractivity contribution >= 4 is 11.6 Å². The molecule has 2 heterocycles. The number of rotatable bonds is 3. The van der Waals surface area contributed by atoms with E-state index in [1.807, 2.05) is 32.2 Å². The molecule has 0 aromatic carbocycles. The number of nitrogens with zero attached hydrogens (tertiary/aromatic N) is 2. The molecule has 1 atom stereocenters. The quantitative estimate of drug-likeness (QED) is 0.852. The Morgan fingerprint density at radius 1 is 1.56 bits per heavy atom. The Hall–Kier alpha value is -1.88. The molecule has 2 aromatic heterocycles. The van der Waals surface area contributed by atoms with Crippen molar-refractivity contribution in [2.75, 3.05) is 6.54 Å². The fraction of sp³-hybridized carbons (Fsp3) is 0.385. The minimum absolute atomic E-state index is 0.216. The van der Waals surface area contributed by atoms with Crippen LogP contribution >= 0.6 is 0 Å². The number of carbonyl (C=O) groups excluding carboxylic acids is 1. The Bertz CT molecular complexity index is 587. The number of hydrogen-bond acceptors (Lipinski definition) is 3. The molecule has 5 nitrogen and oxygen atoms in total. The lowest BCUT2D eigenvalue weighted by Gasteiger charge is -2.07. The molecule has 18 heavy (non-hydrogen) atoms. The molecule has 0 aliphatic heterocycles. The molecule has 0 fully saturated rings. The highest BCUT2D eigenvalue weighted by molar-refractivity contribution is 5.94. The summed E-state index contributed by atoms with van der Waals surface area (Å²) in [4.78, 5) is 16.5. The molecule has 0 saturated carbocycles. The second-order valence-corrected chi connectivity index (χ2v) is 4.49. The highest BCUT2D eigenvalue weighted by Crippen LogP contribution is 2.15. The van der Waals surface area contributed by atoms with E-state index >= 15 is 0 Å². The predicted molar refractivity (Wildman–Crippen MR) is 68.7 cm³/mol. The van der Waals surface area contributed by atoms with Crippen molar-refractivity contribution in [2.24, 2.45) is 0 Å². The molecule has 2 aromatic rings. The predicted octanol–water partition coefficient (Wildman–Crippen LogP) is 1.06. The van der Waals surface area contributed by atoms with Crippen LogP contribution in [0.3, 0.4) is 0 Å². The summed E-state index contributed by atoms with van der Waals surface area (Å²) in [5.74, 6) is -0.216. The SMILES string of the molecule is Cc1nc2c(C)cccn2c1C(=O)NCC(C)O. The van der Waals surface area contributed by atoms with Crippen LogP contribution in [0.15, 0.2) is 18.3 Å². The maximum absolute atomic E-state index is 12.1. The molecule has 1 amide bonds. The van der Waals surface area contributed by atoms with E-state index in [4.69, 9.17) is 0 Å².